The highest BCUT2D eigenvalue weighted by molar-refractivity contribution is 5.22. The minimum atomic E-state index is 0.392. The van der Waals surface area contributed by atoms with Gasteiger partial charge < -0.3 is 0 Å². The zero-order valence-corrected chi connectivity index (χ0v) is 10.1. The first-order valence-corrected chi connectivity index (χ1v) is 6.88. The lowest BCUT2D eigenvalue weighted by molar-refractivity contribution is -0.166. The molecule has 3 atom stereocenters. The molecule has 2 nitrogen and oxygen atoms in total. The van der Waals surface area contributed by atoms with Gasteiger partial charge in [0.1, 0.15) is 0 Å². The molecule has 3 fully saturated rings. The van der Waals surface area contributed by atoms with Crippen LogP contribution in [0.2, 0.25) is 0 Å². The maximum atomic E-state index is 6.11. The second-order valence-corrected chi connectivity index (χ2v) is 5.85. The Balaban J connectivity index is 1.67. The summed E-state index contributed by atoms with van der Waals surface area (Å²) in [5.41, 5.74) is 1.82. The third kappa shape index (κ3) is 1.40. The highest BCUT2D eigenvalue weighted by Crippen LogP contribution is 2.55. The maximum absolute atomic E-state index is 6.11. The average Bonchev–Trinajstić information content (AvgIpc) is 3.06. The molecule has 4 rings (SSSR count). The standard InChI is InChI=1S/C15H19NO/c1-2-6-12(7-3-1)14-10-13-11-15(16(14)17-13)8-4-5-9-15/h1-3,6-7,13-14H,4-5,8-11H2/t13-,14-/m0/s1. The van der Waals surface area contributed by atoms with E-state index in [1.165, 1.54) is 44.1 Å². The van der Waals surface area contributed by atoms with Crippen LogP contribution in [0.5, 0.6) is 0 Å². The third-order valence-corrected chi connectivity index (χ3v) is 4.83. The van der Waals surface area contributed by atoms with Gasteiger partial charge in [0.25, 0.3) is 0 Å². The van der Waals surface area contributed by atoms with Gasteiger partial charge >= 0.3 is 0 Å². The Morgan fingerprint density at radius 2 is 1.88 bits per heavy atom. The van der Waals surface area contributed by atoms with Gasteiger partial charge in [0.15, 0.2) is 0 Å². The second-order valence-electron chi connectivity index (χ2n) is 5.85. The van der Waals surface area contributed by atoms with Crippen LogP contribution in [-0.4, -0.2) is 16.7 Å². The van der Waals surface area contributed by atoms with Gasteiger partial charge in [0.2, 0.25) is 0 Å². The largest absolute Gasteiger partial charge is 0.294 e. The van der Waals surface area contributed by atoms with Crippen molar-refractivity contribution in [1.82, 2.24) is 5.06 Å². The molecule has 0 aromatic heterocycles. The molecule has 0 radical (unpaired) electrons. The lowest BCUT2D eigenvalue weighted by Gasteiger charge is -2.38. The zero-order valence-electron chi connectivity index (χ0n) is 10.1. The number of nitrogens with zero attached hydrogens (tertiary/aromatic N) is 1. The van der Waals surface area contributed by atoms with Crippen LogP contribution < -0.4 is 0 Å². The summed E-state index contributed by atoms with van der Waals surface area (Å²) in [4.78, 5) is 6.11. The van der Waals surface area contributed by atoms with E-state index in [-0.39, 0.29) is 0 Å². The lowest BCUT2D eigenvalue weighted by Crippen LogP contribution is -2.43. The summed E-state index contributed by atoms with van der Waals surface area (Å²) in [5, 5.41) is 2.38. The molecule has 2 bridgehead atoms. The second kappa shape index (κ2) is 3.56. The van der Waals surface area contributed by atoms with Crippen LogP contribution in [0.3, 0.4) is 0 Å². The van der Waals surface area contributed by atoms with E-state index in [9.17, 15) is 0 Å². The van der Waals surface area contributed by atoms with E-state index in [4.69, 9.17) is 4.84 Å². The monoisotopic (exact) mass is 229 g/mol. The zero-order chi connectivity index (χ0) is 11.3. The molecule has 90 valence electrons. The molecule has 1 aromatic carbocycles. The van der Waals surface area contributed by atoms with Crippen LogP contribution in [0.15, 0.2) is 30.3 Å². The smallest absolute Gasteiger partial charge is 0.0831 e. The summed E-state index contributed by atoms with van der Waals surface area (Å²) in [6, 6.07) is 11.4. The Morgan fingerprint density at radius 1 is 1.12 bits per heavy atom. The minimum absolute atomic E-state index is 0.392. The average molecular weight is 229 g/mol. The molecule has 1 unspecified atom stereocenters. The maximum Gasteiger partial charge on any atom is 0.0831 e. The highest BCUT2D eigenvalue weighted by Gasteiger charge is 2.56. The van der Waals surface area contributed by atoms with Crippen LogP contribution in [0.1, 0.15) is 50.1 Å². The van der Waals surface area contributed by atoms with E-state index in [1.807, 2.05) is 0 Å². The van der Waals surface area contributed by atoms with E-state index in [1.54, 1.807) is 0 Å². The fourth-order valence-corrected chi connectivity index (χ4v) is 4.10. The van der Waals surface area contributed by atoms with Gasteiger partial charge in [-0.15, -0.1) is 0 Å². The first kappa shape index (κ1) is 10.1. The Morgan fingerprint density at radius 3 is 2.59 bits per heavy atom. The van der Waals surface area contributed by atoms with E-state index in [2.05, 4.69) is 35.4 Å². The van der Waals surface area contributed by atoms with Crippen molar-refractivity contribution in [3.63, 3.8) is 0 Å². The molecule has 1 saturated carbocycles. The molecule has 1 spiro atoms. The van der Waals surface area contributed by atoms with Gasteiger partial charge in [-0.2, -0.15) is 5.06 Å². The van der Waals surface area contributed by atoms with Gasteiger partial charge in [-0.05, 0) is 31.2 Å². The summed E-state index contributed by atoms with van der Waals surface area (Å²) >= 11 is 0. The summed E-state index contributed by atoms with van der Waals surface area (Å²) in [7, 11) is 0. The van der Waals surface area contributed by atoms with Crippen LogP contribution >= 0.6 is 0 Å². The first-order chi connectivity index (χ1) is 8.37. The molecule has 2 aliphatic heterocycles. The number of hydroxylamine groups is 2. The molecule has 0 N–H and O–H groups in total. The predicted molar refractivity (Wildman–Crippen MR) is 66.3 cm³/mol. The van der Waals surface area contributed by atoms with Gasteiger partial charge in [-0.3, -0.25) is 4.84 Å². The quantitative estimate of drug-likeness (QED) is 0.731. The van der Waals surface area contributed by atoms with Crippen molar-refractivity contribution in [1.29, 1.82) is 0 Å². The molecular formula is C15H19NO. The number of fused-ring (bicyclic) bond motifs is 3. The Labute approximate surface area is 103 Å². The van der Waals surface area contributed by atoms with Gasteiger partial charge in [-0.1, -0.05) is 43.2 Å². The fourth-order valence-electron chi connectivity index (χ4n) is 4.10. The Bertz CT molecular complexity index is 410. The van der Waals surface area contributed by atoms with Gasteiger partial charge in [0.05, 0.1) is 12.1 Å². The summed E-state index contributed by atoms with van der Waals surface area (Å²) in [6.07, 6.45) is 8.39. The number of rotatable bonds is 1. The molecule has 2 saturated heterocycles. The van der Waals surface area contributed by atoms with E-state index >= 15 is 0 Å². The van der Waals surface area contributed by atoms with Crippen molar-refractivity contribution < 1.29 is 4.84 Å². The van der Waals surface area contributed by atoms with Crippen LogP contribution in [0.25, 0.3) is 0 Å². The lowest BCUT2D eigenvalue weighted by atomic mass is 9.82. The summed E-state index contributed by atoms with van der Waals surface area (Å²) in [5.74, 6) is 0. The van der Waals surface area contributed by atoms with Crippen LogP contribution in [0, 0.1) is 0 Å². The minimum Gasteiger partial charge on any atom is -0.294 e. The first-order valence-electron chi connectivity index (χ1n) is 6.88. The molecule has 17 heavy (non-hydrogen) atoms. The molecule has 3 aliphatic rings. The van der Waals surface area contributed by atoms with Crippen molar-refractivity contribution in [3.05, 3.63) is 35.9 Å². The molecule has 0 amide bonds. The molecular weight excluding hydrogens is 210 g/mol. The van der Waals surface area contributed by atoms with E-state index in [0.717, 1.165) is 0 Å². The number of benzene rings is 1. The summed E-state index contributed by atoms with van der Waals surface area (Å²) < 4.78 is 0. The van der Waals surface area contributed by atoms with E-state index in [0.29, 0.717) is 17.7 Å². The number of hydrogen-bond acceptors (Lipinski definition) is 2. The molecule has 2 heterocycles. The van der Waals surface area contributed by atoms with Gasteiger partial charge in [0, 0.05) is 5.54 Å². The Hall–Kier alpha value is -0.860. The van der Waals surface area contributed by atoms with Crippen molar-refractivity contribution in [2.45, 2.75) is 56.2 Å². The SMILES string of the molecule is c1ccc([C@@H]2C[C@H]3CC4(CCCC4)N2O3)cc1. The molecule has 2 heteroatoms. The van der Waals surface area contributed by atoms with E-state index < -0.39 is 0 Å². The summed E-state index contributed by atoms with van der Waals surface area (Å²) in [6.45, 7) is 0. The number of hydrogen-bond donors (Lipinski definition) is 0. The number of piperidine rings is 1. The highest BCUT2D eigenvalue weighted by atomic mass is 16.7. The molecule has 1 aromatic rings. The van der Waals surface area contributed by atoms with Crippen molar-refractivity contribution >= 4 is 0 Å². The van der Waals surface area contributed by atoms with Gasteiger partial charge in [-0.25, -0.2) is 0 Å². The topological polar surface area (TPSA) is 12.5 Å². The van der Waals surface area contributed by atoms with Crippen LogP contribution in [0.4, 0.5) is 0 Å². The normalized spacial score (nSPS) is 38.0. The van der Waals surface area contributed by atoms with Crippen molar-refractivity contribution in [2.75, 3.05) is 0 Å². The molecule has 1 aliphatic carbocycles. The Kier molecular flexibility index (Phi) is 2.12. The predicted octanol–water partition coefficient (Wildman–Crippen LogP) is 3.45. The van der Waals surface area contributed by atoms with Crippen molar-refractivity contribution in [3.8, 4) is 0 Å². The third-order valence-electron chi connectivity index (χ3n) is 4.83. The fraction of sp³-hybridized carbons (Fsp3) is 0.600. The van der Waals surface area contributed by atoms with Crippen molar-refractivity contribution in [2.24, 2.45) is 0 Å². The van der Waals surface area contributed by atoms with Crippen LogP contribution in [-0.2, 0) is 4.84 Å².